The Morgan fingerprint density at radius 1 is 1.24 bits per heavy atom. The molecule has 0 N–H and O–H groups in total. The summed E-state index contributed by atoms with van der Waals surface area (Å²) < 4.78 is 16.5. The molecule has 0 radical (unpaired) electrons. The van der Waals surface area contributed by atoms with Crippen LogP contribution in [-0.2, 0) is 28.6 Å². The second-order valence-electron chi connectivity index (χ2n) is 8.43. The minimum atomic E-state index is -0.965. The van der Waals surface area contributed by atoms with Crippen LogP contribution in [0.4, 0.5) is 0 Å². The lowest BCUT2D eigenvalue weighted by Gasteiger charge is -2.41. The second kappa shape index (κ2) is 6.61. The van der Waals surface area contributed by atoms with E-state index in [1.54, 1.807) is 13.8 Å². The van der Waals surface area contributed by atoms with E-state index in [9.17, 15) is 14.4 Å². The summed E-state index contributed by atoms with van der Waals surface area (Å²) in [7, 11) is 0. The lowest BCUT2D eigenvalue weighted by atomic mass is 9.67. The van der Waals surface area contributed by atoms with E-state index in [1.807, 2.05) is 6.92 Å². The average molecular weight is 352 g/mol. The average Bonchev–Trinajstić information content (AvgIpc) is 2.72. The summed E-state index contributed by atoms with van der Waals surface area (Å²) >= 11 is 0. The van der Waals surface area contributed by atoms with Crippen molar-refractivity contribution in [3.63, 3.8) is 0 Å². The van der Waals surface area contributed by atoms with Gasteiger partial charge < -0.3 is 14.2 Å². The third-order valence-corrected chi connectivity index (χ3v) is 6.14. The monoisotopic (exact) mass is 352 g/mol. The molecular formula is C19H28O6. The quantitative estimate of drug-likeness (QED) is 0.559. The standard InChI is InChI=1S/C19H28O6/c1-5-19(3,4)18(22)23-10(2)16(20)25-15-12-6-11-7-13(9-12)17(21)24-14(15)8-11/h10-15H,5-9H2,1-4H3. The lowest BCUT2D eigenvalue weighted by molar-refractivity contribution is -0.186. The summed E-state index contributed by atoms with van der Waals surface area (Å²) in [6.07, 6.45) is 2.23. The van der Waals surface area contributed by atoms with E-state index in [0.29, 0.717) is 12.3 Å². The molecule has 0 spiro atoms. The number of rotatable bonds is 5. The first kappa shape index (κ1) is 18.2. The molecule has 4 bridgehead atoms. The number of hydrogen-bond donors (Lipinski definition) is 0. The Labute approximate surface area is 148 Å². The molecule has 140 valence electrons. The van der Waals surface area contributed by atoms with Crippen LogP contribution in [0.5, 0.6) is 0 Å². The summed E-state index contributed by atoms with van der Waals surface area (Å²) in [5, 5.41) is 0. The van der Waals surface area contributed by atoms with Crippen LogP contribution in [0.25, 0.3) is 0 Å². The first-order chi connectivity index (χ1) is 11.7. The van der Waals surface area contributed by atoms with Crippen molar-refractivity contribution in [1.29, 1.82) is 0 Å². The fourth-order valence-electron chi connectivity index (χ4n) is 4.18. The van der Waals surface area contributed by atoms with Crippen LogP contribution in [0, 0.1) is 23.2 Å². The summed E-state index contributed by atoms with van der Waals surface area (Å²) in [4.78, 5) is 36.7. The third-order valence-electron chi connectivity index (χ3n) is 6.14. The third kappa shape index (κ3) is 3.53. The highest BCUT2D eigenvalue weighted by Crippen LogP contribution is 2.48. The Hall–Kier alpha value is -1.59. The molecule has 2 heterocycles. The zero-order chi connectivity index (χ0) is 18.4. The van der Waals surface area contributed by atoms with Gasteiger partial charge in [-0.3, -0.25) is 9.59 Å². The van der Waals surface area contributed by atoms with Crippen molar-refractivity contribution in [3.8, 4) is 0 Å². The van der Waals surface area contributed by atoms with Crippen molar-refractivity contribution in [3.05, 3.63) is 0 Å². The lowest BCUT2D eigenvalue weighted by Crippen LogP contribution is -2.47. The molecule has 0 aromatic carbocycles. The van der Waals surface area contributed by atoms with Gasteiger partial charge in [-0.25, -0.2) is 4.79 Å². The number of esters is 3. The molecule has 0 amide bonds. The van der Waals surface area contributed by atoms with E-state index in [-0.39, 0.29) is 23.9 Å². The van der Waals surface area contributed by atoms with E-state index < -0.39 is 29.6 Å². The fourth-order valence-corrected chi connectivity index (χ4v) is 4.18. The van der Waals surface area contributed by atoms with Gasteiger partial charge in [0.05, 0.1) is 11.3 Å². The van der Waals surface area contributed by atoms with Gasteiger partial charge in [0, 0.05) is 5.92 Å². The Balaban J connectivity index is 1.63. The van der Waals surface area contributed by atoms with Gasteiger partial charge in [-0.15, -0.1) is 0 Å². The number of hydrogen-bond acceptors (Lipinski definition) is 6. The Bertz CT molecular complexity index is 568. The van der Waals surface area contributed by atoms with Crippen LogP contribution in [-0.4, -0.2) is 36.2 Å². The highest BCUT2D eigenvalue weighted by molar-refractivity contribution is 5.81. The molecular weight excluding hydrogens is 324 g/mol. The maximum atomic E-state index is 12.4. The first-order valence-corrected chi connectivity index (χ1v) is 9.33. The van der Waals surface area contributed by atoms with Crippen molar-refractivity contribution >= 4 is 17.9 Å². The van der Waals surface area contributed by atoms with Gasteiger partial charge in [-0.1, -0.05) is 6.92 Å². The van der Waals surface area contributed by atoms with Crippen molar-refractivity contribution in [2.24, 2.45) is 23.2 Å². The van der Waals surface area contributed by atoms with Crippen molar-refractivity contribution < 1.29 is 28.6 Å². The Morgan fingerprint density at radius 2 is 1.96 bits per heavy atom. The van der Waals surface area contributed by atoms with Crippen molar-refractivity contribution in [2.75, 3.05) is 0 Å². The normalized spacial score (nSPS) is 34.9. The van der Waals surface area contributed by atoms with Gasteiger partial charge in [0.25, 0.3) is 0 Å². The summed E-state index contributed by atoms with van der Waals surface area (Å²) in [5.74, 6) is -0.538. The van der Waals surface area contributed by atoms with Gasteiger partial charge >= 0.3 is 17.9 Å². The number of carbonyl (C=O) groups excluding carboxylic acids is 3. The molecule has 25 heavy (non-hydrogen) atoms. The van der Waals surface area contributed by atoms with Crippen LogP contribution in [0.3, 0.4) is 0 Å². The molecule has 6 heteroatoms. The van der Waals surface area contributed by atoms with E-state index in [0.717, 1.165) is 25.7 Å². The molecule has 2 aliphatic carbocycles. The maximum absolute atomic E-state index is 12.4. The predicted octanol–water partition coefficient (Wildman–Crippen LogP) is 2.63. The topological polar surface area (TPSA) is 78.9 Å². The van der Waals surface area contributed by atoms with Gasteiger partial charge in [0.15, 0.2) is 6.10 Å². The molecule has 2 saturated heterocycles. The molecule has 0 aromatic rings. The minimum absolute atomic E-state index is 0.0574. The van der Waals surface area contributed by atoms with Gasteiger partial charge in [-0.2, -0.15) is 0 Å². The Kier molecular flexibility index (Phi) is 4.82. The molecule has 6 unspecified atom stereocenters. The number of carbonyl (C=O) groups is 3. The summed E-state index contributed by atoms with van der Waals surface area (Å²) in [6, 6.07) is 0. The minimum Gasteiger partial charge on any atom is -0.458 e. The van der Waals surface area contributed by atoms with Crippen LogP contribution in [0.2, 0.25) is 0 Å². The zero-order valence-electron chi connectivity index (χ0n) is 15.4. The smallest absolute Gasteiger partial charge is 0.347 e. The van der Waals surface area contributed by atoms with Crippen LogP contribution < -0.4 is 0 Å². The first-order valence-electron chi connectivity index (χ1n) is 9.33. The molecule has 4 rings (SSSR count). The van der Waals surface area contributed by atoms with Crippen molar-refractivity contribution in [2.45, 2.75) is 78.1 Å². The van der Waals surface area contributed by atoms with E-state index >= 15 is 0 Å². The highest BCUT2D eigenvalue weighted by Gasteiger charge is 2.52. The molecule has 6 atom stereocenters. The summed E-state index contributed by atoms with van der Waals surface area (Å²) in [5.41, 5.74) is -0.635. The summed E-state index contributed by atoms with van der Waals surface area (Å²) in [6.45, 7) is 7.00. The van der Waals surface area contributed by atoms with Gasteiger partial charge in [0.2, 0.25) is 0 Å². The maximum Gasteiger partial charge on any atom is 0.347 e. The van der Waals surface area contributed by atoms with E-state index in [1.165, 1.54) is 6.92 Å². The van der Waals surface area contributed by atoms with Crippen LogP contribution in [0.15, 0.2) is 0 Å². The van der Waals surface area contributed by atoms with Crippen LogP contribution in [0.1, 0.15) is 59.8 Å². The van der Waals surface area contributed by atoms with E-state index in [4.69, 9.17) is 14.2 Å². The highest BCUT2D eigenvalue weighted by atomic mass is 16.6. The second-order valence-corrected chi connectivity index (χ2v) is 8.43. The molecule has 0 aromatic heterocycles. The fraction of sp³-hybridized carbons (Fsp3) is 0.842. The number of ether oxygens (including phenoxy) is 3. The van der Waals surface area contributed by atoms with Crippen LogP contribution >= 0.6 is 0 Å². The SMILES string of the molecule is CCC(C)(C)C(=O)OC(C)C(=O)OC1C2CC3CC(C2)C(=O)OC1C3. The molecule has 2 aliphatic heterocycles. The number of fused-ring (bicyclic) bond motifs is 1. The van der Waals surface area contributed by atoms with Gasteiger partial charge in [0.1, 0.15) is 12.2 Å². The predicted molar refractivity (Wildman–Crippen MR) is 88.3 cm³/mol. The zero-order valence-corrected chi connectivity index (χ0v) is 15.4. The molecule has 2 saturated carbocycles. The molecule has 6 nitrogen and oxygen atoms in total. The molecule has 4 fully saturated rings. The van der Waals surface area contributed by atoms with E-state index in [2.05, 4.69) is 0 Å². The molecule has 4 aliphatic rings. The largest absolute Gasteiger partial charge is 0.458 e. The van der Waals surface area contributed by atoms with Crippen molar-refractivity contribution in [1.82, 2.24) is 0 Å². The van der Waals surface area contributed by atoms with Gasteiger partial charge in [-0.05, 0) is 58.8 Å². The Morgan fingerprint density at radius 3 is 2.64 bits per heavy atom.